The van der Waals surface area contributed by atoms with Gasteiger partial charge in [0, 0.05) is 35.4 Å². The van der Waals surface area contributed by atoms with Crippen molar-refractivity contribution in [1.82, 2.24) is 24.7 Å². The Morgan fingerprint density at radius 2 is 1.85 bits per heavy atom. The van der Waals surface area contributed by atoms with Gasteiger partial charge in [0.25, 0.3) is 10.0 Å². The van der Waals surface area contributed by atoms with Gasteiger partial charge in [-0.1, -0.05) is 54.9 Å². The lowest BCUT2D eigenvalue weighted by atomic mass is 9.94. The van der Waals surface area contributed by atoms with Crippen LogP contribution in [-0.2, 0) is 34.2 Å². The number of aryl methyl sites for hydroxylation is 3. The number of anilines is 1. The molecule has 11 heteroatoms. The Morgan fingerprint density at radius 1 is 1.05 bits per heavy atom. The van der Waals surface area contributed by atoms with Crippen LogP contribution in [0.4, 0.5) is 5.82 Å². The molecule has 5 aromatic rings. The van der Waals surface area contributed by atoms with Gasteiger partial charge >= 0.3 is 0 Å². The van der Waals surface area contributed by atoms with E-state index in [4.69, 9.17) is 14.2 Å². The smallest absolute Gasteiger partial charge is 0.263 e. The van der Waals surface area contributed by atoms with E-state index in [-0.39, 0.29) is 10.7 Å². The quantitative estimate of drug-likeness (QED) is 0.217. The van der Waals surface area contributed by atoms with Crippen molar-refractivity contribution in [2.24, 2.45) is 0 Å². The van der Waals surface area contributed by atoms with Crippen molar-refractivity contribution in [3.05, 3.63) is 88.3 Å². The Balaban J connectivity index is 1.57. The largest absolute Gasteiger partial charge is 0.377 e. The van der Waals surface area contributed by atoms with Gasteiger partial charge < -0.3 is 9.26 Å². The highest BCUT2D eigenvalue weighted by Gasteiger charge is 2.24. The first-order chi connectivity index (χ1) is 19.7. The zero-order chi connectivity index (χ0) is 29.1. The van der Waals surface area contributed by atoms with E-state index in [1.54, 1.807) is 36.8 Å². The fraction of sp³-hybridized carbons (Fsp3) is 0.333. The zero-order valence-electron chi connectivity index (χ0n) is 23.9. The fourth-order valence-corrected chi connectivity index (χ4v) is 6.20. The predicted molar refractivity (Wildman–Crippen MR) is 156 cm³/mol. The topological polar surface area (TPSA) is 125 Å². The summed E-state index contributed by atoms with van der Waals surface area (Å²) in [6.07, 6.45) is 3.97. The lowest BCUT2D eigenvalue weighted by Crippen LogP contribution is -2.15. The number of hydrogen-bond donors (Lipinski definition) is 1. The Hall–Kier alpha value is -4.09. The molecule has 214 valence electrons. The minimum atomic E-state index is -3.97. The summed E-state index contributed by atoms with van der Waals surface area (Å²) < 4.78 is 42.5. The number of rotatable bonds is 11. The van der Waals surface area contributed by atoms with Crippen molar-refractivity contribution in [2.75, 3.05) is 11.3 Å². The fourth-order valence-electron chi connectivity index (χ4n) is 4.92. The third-order valence-electron chi connectivity index (χ3n) is 7.12. The molecular weight excluding hydrogens is 540 g/mol. The number of fused-ring (bicyclic) bond motifs is 1. The normalized spacial score (nSPS) is 11.8. The van der Waals surface area contributed by atoms with Gasteiger partial charge in [0.15, 0.2) is 11.5 Å². The first-order valence-corrected chi connectivity index (χ1v) is 15.1. The molecule has 1 N–H and O–H groups in total. The van der Waals surface area contributed by atoms with Crippen LogP contribution < -0.4 is 4.72 Å². The highest BCUT2D eigenvalue weighted by Crippen LogP contribution is 2.33. The van der Waals surface area contributed by atoms with E-state index in [1.165, 1.54) is 0 Å². The highest BCUT2D eigenvalue weighted by atomic mass is 32.2. The number of nitrogens with zero attached hydrogens (tertiary/aromatic N) is 5. The molecule has 0 amide bonds. The van der Waals surface area contributed by atoms with Gasteiger partial charge in [-0.3, -0.25) is 4.72 Å². The van der Waals surface area contributed by atoms with Crippen LogP contribution in [0.2, 0.25) is 0 Å². The van der Waals surface area contributed by atoms with Crippen LogP contribution in [0.3, 0.4) is 0 Å². The Kier molecular flexibility index (Phi) is 8.18. The van der Waals surface area contributed by atoms with Crippen LogP contribution in [0, 0.1) is 20.8 Å². The maximum atomic E-state index is 13.6. The summed E-state index contributed by atoms with van der Waals surface area (Å²) in [4.78, 5) is 9.51. The number of hydrogen-bond acceptors (Lipinski definition) is 8. The van der Waals surface area contributed by atoms with Crippen molar-refractivity contribution >= 4 is 21.5 Å². The summed E-state index contributed by atoms with van der Waals surface area (Å²) >= 11 is 0. The molecule has 0 atom stereocenters. The van der Waals surface area contributed by atoms with E-state index in [0.717, 1.165) is 52.3 Å². The van der Waals surface area contributed by atoms with Crippen molar-refractivity contribution in [2.45, 2.75) is 65.4 Å². The lowest BCUT2D eigenvalue weighted by Gasteiger charge is -2.17. The van der Waals surface area contributed by atoms with E-state index < -0.39 is 10.0 Å². The first kappa shape index (κ1) is 28.4. The second kappa shape index (κ2) is 11.8. The SMILES string of the molecule is CCCc1nc(C)n2ncnc2c1Cc1ccc(-c2ccccc2S(=O)(=O)Nc2noc(C)c2C)c(COCC)c1. The summed E-state index contributed by atoms with van der Waals surface area (Å²) in [5, 5.41) is 8.23. The summed E-state index contributed by atoms with van der Waals surface area (Å²) in [5.41, 5.74) is 6.78. The third kappa shape index (κ3) is 5.73. The van der Waals surface area contributed by atoms with Gasteiger partial charge in [0.1, 0.15) is 17.9 Å². The summed E-state index contributed by atoms with van der Waals surface area (Å²) in [6.45, 7) is 10.4. The van der Waals surface area contributed by atoms with Gasteiger partial charge in [0.05, 0.1) is 11.5 Å². The molecule has 0 unspecified atom stereocenters. The second-order valence-electron chi connectivity index (χ2n) is 9.95. The Labute approximate surface area is 239 Å². The molecule has 10 nitrogen and oxygen atoms in total. The van der Waals surface area contributed by atoms with Gasteiger partial charge in [-0.2, -0.15) is 9.61 Å². The van der Waals surface area contributed by atoms with Crippen LogP contribution in [0.1, 0.15) is 59.8 Å². The second-order valence-corrected chi connectivity index (χ2v) is 11.6. The molecule has 0 saturated carbocycles. The van der Waals surface area contributed by atoms with Crippen LogP contribution in [0.5, 0.6) is 0 Å². The maximum Gasteiger partial charge on any atom is 0.263 e. The molecule has 0 spiro atoms. The van der Waals surface area contributed by atoms with Crippen molar-refractivity contribution in [3.63, 3.8) is 0 Å². The minimum Gasteiger partial charge on any atom is -0.377 e. The molecule has 0 aliphatic rings. The number of nitrogens with one attached hydrogen (secondary N) is 1. The summed E-state index contributed by atoms with van der Waals surface area (Å²) in [7, 11) is -3.97. The average Bonchev–Trinajstić information content (AvgIpc) is 3.57. The third-order valence-corrected chi connectivity index (χ3v) is 8.52. The van der Waals surface area contributed by atoms with Crippen LogP contribution in [-0.4, -0.2) is 39.8 Å². The van der Waals surface area contributed by atoms with E-state index in [1.807, 2.05) is 38.1 Å². The molecular formula is C30H34N6O4S. The van der Waals surface area contributed by atoms with Crippen LogP contribution >= 0.6 is 0 Å². The van der Waals surface area contributed by atoms with Gasteiger partial charge in [0.2, 0.25) is 0 Å². The Bertz CT molecular complexity index is 1810. The van der Waals surface area contributed by atoms with E-state index >= 15 is 0 Å². The molecule has 3 heterocycles. The number of benzene rings is 2. The van der Waals surface area contributed by atoms with Crippen molar-refractivity contribution in [1.29, 1.82) is 0 Å². The molecule has 0 aliphatic carbocycles. The molecule has 0 radical (unpaired) electrons. The van der Waals surface area contributed by atoms with Gasteiger partial charge in [-0.05, 0) is 56.9 Å². The van der Waals surface area contributed by atoms with Crippen molar-refractivity contribution in [3.8, 4) is 11.1 Å². The highest BCUT2D eigenvalue weighted by molar-refractivity contribution is 7.92. The molecule has 0 saturated heterocycles. The molecule has 2 aromatic carbocycles. The minimum absolute atomic E-state index is 0.142. The maximum absolute atomic E-state index is 13.6. The molecule has 0 fully saturated rings. The number of sulfonamides is 1. The van der Waals surface area contributed by atoms with Crippen LogP contribution in [0.15, 0.2) is 58.2 Å². The predicted octanol–water partition coefficient (Wildman–Crippen LogP) is 5.59. The number of ether oxygens (including phenoxy) is 1. The van der Waals surface area contributed by atoms with E-state index in [0.29, 0.717) is 36.5 Å². The van der Waals surface area contributed by atoms with Gasteiger partial charge in [-0.25, -0.2) is 18.4 Å². The molecule has 3 aromatic heterocycles. The van der Waals surface area contributed by atoms with Crippen LogP contribution in [0.25, 0.3) is 16.8 Å². The van der Waals surface area contributed by atoms with Gasteiger partial charge in [-0.15, -0.1) is 0 Å². The van der Waals surface area contributed by atoms with E-state index in [9.17, 15) is 8.42 Å². The average molecular weight is 575 g/mol. The molecule has 5 rings (SSSR count). The van der Waals surface area contributed by atoms with E-state index in [2.05, 4.69) is 33.0 Å². The molecule has 0 bridgehead atoms. The number of aromatic nitrogens is 5. The lowest BCUT2D eigenvalue weighted by molar-refractivity contribution is 0.134. The summed E-state index contributed by atoms with van der Waals surface area (Å²) in [5.74, 6) is 1.54. The summed E-state index contributed by atoms with van der Waals surface area (Å²) in [6, 6.07) is 13.0. The Morgan fingerprint density at radius 3 is 2.59 bits per heavy atom. The zero-order valence-corrected chi connectivity index (χ0v) is 24.7. The standard InChI is InChI=1S/C30H34N6O4S/c1-6-10-27-26(30-31-18-32-36(30)21(5)33-27)16-22-13-14-24(23(15-22)17-39-7-2)25-11-8-9-12-28(25)41(37,38)35-29-19(3)20(4)40-34-29/h8-9,11-15,18H,6-7,10,16-17H2,1-5H3,(H,34,35). The molecule has 0 aliphatic heterocycles. The van der Waals surface area contributed by atoms with Crippen molar-refractivity contribution < 1.29 is 17.7 Å². The first-order valence-electron chi connectivity index (χ1n) is 13.7. The molecule has 41 heavy (non-hydrogen) atoms. The monoisotopic (exact) mass is 574 g/mol.